The van der Waals surface area contributed by atoms with E-state index in [1.54, 1.807) is 6.92 Å². The predicted octanol–water partition coefficient (Wildman–Crippen LogP) is 2.69. The second-order valence-electron chi connectivity index (χ2n) is 4.14. The second kappa shape index (κ2) is 6.38. The van der Waals surface area contributed by atoms with Crippen LogP contribution in [0, 0.1) is 5.92 Å². The zero-order chi connectivity index (χ0) is 13.7. The van der Waals surface area contributed by atoms with Crippen molar-refractivity contribution in [3.05, 3.63) is 36.2 Å². The minimum Gasteiger partial charge on any atom is -0.481 e. The van der Waals surface area contributed by atoms with Gasteiger partial charge in [0.05, 0.1) is 11.7 Å². The van der Waals surface area contributed by atoms with E-state index >= 15 is 0 Å². The molecule has 1 aromatic carbocycles. The summed E-state index contributed by atoms with van der Waals surface area (Å²) >= 11 is 1.49. The van der Waals surface area contributed by atoms with E-state index in [9.17, 15) is 4.79 Å². The maximum atomic E-state index is 10.7. The Balaban J connectivity index is 1.90. The van der Waals surface area contributed by atoms with Crippen molar-refractivity contribution in [1.82, 2.24) is 10.1 Å². The maximum Gasteiger partial charge on any atom is 0.307 e. The van der Waals surface area contributed by atoms with Gasteiger partial charge in [0.25, 0.3) is 5.89 Å². The average molecular weight is 278 g/mol. The van der Waals surface area contributed by atoms with Crippen LogP contribution >= 0.6 is 11.8 Å². The number of aliphatic carboxylic acids is 1. The smallest absolute Gasteiger partial charge is 0.307 e. The summed E-state index contributed by atoms with van der Waals surface area (Å²) in [6.07, 6.45) is 0. The summed E-state index contributed by atoms with van der Waals surface area (Å²) in [5.41, 5.74) is 0.880. The molecule has 0 saturated carbocycles. The van der Waals surface area contributed by atoms with E-state index in [0.29, 0.717) is 23.2 Å². The van der Waals surface area contributed by atoms with Gasteiger partial charge in [-0.15, -0.1) is 0 Å². The summed E-state index contributed by atoms with van der Waals surface area (Å²) in [5, 5.41) is 12.6. The molecule has 1 atom stereocenters. The van der Waals surface area contributed by atoms with Gasteiger partial charge in [-0.05, 0) is 12.1 Å². The highest BCUT2D eigenvalue weighted by molar-refractivity contribution is 7.98. The predicted molar refractivity (Wildman–Crippen MR) is 72.7 cm³/mol. The van der Waals surface area contributed by atoms with Crippen molar-refractivity contribution in [3.8, 4) is 11.5 Å². The number of hydrogen-bond acceptors (Lipinski definition) is 5. The minimum atomic E-state index is -0.786. The number of carboxylic acid groups (broad SMARTS) is 1. The molecule has 1 unspecified atom stereocenters. The lowest BCUT2D eigenvalue weighted by atomic mass is 10.2. The molecule has 100 valence electrons. The standard InChI is InChI=1S/C13H14N2O3S/c1-9(13(16)17)7-19-8-11-14-12(18-15-11)10-5-3-2-4-6-10/h2-6,9H,7-8H2,1H3,(H,16,17). The Bertz CT molecular complexity index is 542. The summed E-state index contributed by atoms with van der Waals surface area (Å²) in [7, 11) is 0. The average Bonchev–Trinajstić information content (AvgIpc) is 2.88. The highest BCUT2D eigenvalue weighted by Crippen LogP contribution is 2.19. The third kappa shape index (κ3) is 3.82. The highest BCUT2D eigenvalue weighted by atomic mass is 32.2. The molecule has 0 aliphatic heterocycles. The molecule has 0 amide bonds. The molecular weight excluding hydrogens is 264 g/mol. The van der Waals surface area contributed by atoms with E-state index in [1.165, 1.54) is 11.8 Å². The summed E-state index contributed by atoms with van der Waals surface area (Å²) in [6, 6.07) is 9.53. The molecule has 1 heterocycles. The molecule has 5 nitrogen and oxygen atoms in total. The van der Waals surface area contributed by atoms with Gasteiger partial charge in [0.15, 0.2) is 5.82 Å². The Morgan fingerprint density at radius 3 is 2.84 bits per heavy atom. The molecule has 1 aromatic heterocycles. The Labute approximate surface area is 115 Å². The van der Waals surface area contributed by atoms with Gasteiger partial charge in [0.1, 0.15) is 0 Å². The van der Waals surface area contributed by atoms with Crippen LogP contribution in [0.25, 0.3) is 11.5 Å². The number of nitrogens with zero attached hydrogens (tertiary/aromatic N) is 2. The molecule has 6 heteroatoms. The lowest BCUT2D eigenvalue weighted by Crippen LogP contribution is -2.11. The molecule has 0 aliphatic carbocycles. The molecule has 2 aromatic rings. The molecule has 0 fully saturated rings. The van der Waals surface area contributed by atoms with Crippen LogP contribution in [0.1, 0.15) is 12.7 Å². The van der Waals surface area contributed by atoms with E-state index in [-0.39, 0.29) is 5.92 Å². The van der Waals surface area contributed by atoms with Gasteiger partial charge in [-0.1, -0.05) is 30.3 Å². The fourth-order valence-corrected chi connectivity index (χ4v) is 2.32. The van der Waals surface area contributed by atoms with E-state index < -0.39 is 5.97 Å². The third-order valence-corrected chi connectivity index (χ3v) is 3.71. The number of hydrogen-bond donors (Lipinski definition) is 1. The Morgan fingerprint density at radius 2 is 2.16 bits per heavy atom. The molecule has 0 spiro atoms. The second-order valence-corrected chi connectivity index (χ2v) is 5.17. The SMILES string of the molecule is CC(CSCc1noc(-c2ccccc2)n1)C(=O)O. The normalized spacial score (nSPS) is 12.3. The molecule has 0 radical (unpaired) electrons. The monoisotopic (exact) mass is 278 g/mol. The van der Waals surface area contributed by atoms with Crippen LogP contribution in [0.15, 0.2) is 34.9 Å². The van der Waals surface area contributed by atoms with Gasteiger partial charge in [-0.25, -0.2) is 0 Å². The minimum absolute atomic E-state index is 0.370. The van der Waals surface area contributed by atoms with Crippen molar-refractivity contribution in [3.63, 3.8) is 0 Å². The van der Waals surface area contributed by atoms with Crippen LogP contribution in [0.3, 0.4) is 0 Å². The Morgan fingerprint density at radius 1 is 1.42 bits per heavy atom. The Kier molecular flexibility index (Phi) is 4.57. The van der Waals surface area contributed by atoms with Gasteiger partial charge in [0.2, 0.25) is 0 Å². The lowest BCUT2D eigenvalue weighted by molar-refractivity contribution is -0.140. The topological polar surface area (TPSA) is 76.2 Å². The number of benzene rings is 1. The van der Waals surface area contributed by atoms with Crippen molar-refractivity contribution in [2.45, 2.75) is 12.7 Å². The number of thioether (sulfide) groups is 1. The quantitative estimate of drug-likeness (QED) is 0.875. The zero-order valence-electron chi connectivity index (χ0n) is 10.4. The molecule has 0 saturated heterocycles. The van der Waals surface area contributed by atoms with Gasteiger partial charge in [-0.2, -0.15) is 16.7 Å². The van der Waals surface area contributed by atoms with Crippen LogP contribution in [0.4, 0.5) is 0 Å². The van der Waals surface area contributed by atoms with E-state index in [4.69, 9.17) is 9.63 Å². The van der Waals surface area contributed by atoms with Crippen molar-refractivity contribution in [2.24, 2.45) is 5.92 Å². The highest BCUT2D eigenvalue weighted by Gasteiger charge is 2.12. The first kappa shape index (κ1) is 13.6. The van der Waals surface area contributed by atoms with Gasteiger partial charge < -0.3 is 9.63 Å². The van der Waals surface area contributed by atoms with Crippen LogP contribution < -0.4 is 0 Å². The van der Waals surface area contributed by atoms with Crippen molar-refractivity contribution >= 4 is 17.7 Å². The molecular formula is C13H14N2O3S. The lowest BCUT2D eigenvalue weighted by Gasteiger charge is -2.02. The number of rotatable bonds is 6. The van der Waals surface area contributed by atoms with E-state index in [0.717, 1.165) is 5.56 Å². The fourth-order valence-electron chi connectivity index (χ4n) is 1.41. The molecule has 2 rings (SSSR count). The van der Waals surface area contributed by atoms with Crippen molar-refractivity contribution in [1.29, 1.82) is 0 Å². The van der Waals surface area contributed by atoms with Gasteiger partial charge in [-0.3, -0.25) is 4.79 Å². The first-order chi connectivity index (χ1) is 9.16. The Hall–Kier alpha value is -1.82. The van der Waals surface area contributed by atoms with Crippen molar-refractivity contribution in [2.75, 3.05) is 5.75 Å². The van der Waals surface area contributed by atoms with Crippen molar-refractivity contribution < 1.29 is 14.4 Å². The van der Waals surface area contributed by atoms with Crippen LogP contribution in [0.2, 0.25) is 0 Å². The zero-order valence-corrected chi connectivity index (χ0v) is 11.3. The van der Waals surface area contributed by atoms with Crippen LogP contribution in [0.5, 0.6) is 0 Å². The fraction of sp³-hybridized carbons (Fsp3) is 0.308. The first-order valence-corrected chi connectivity index (χ1v) is 7.01. The van der Waals surface area contributed by atoms with Gasteiger partial charge >= 0.3 is 5.97 Å². The van der Waals surface area contributed by atoms with Gasteiger partial charge in [0, 0.05) is 11.3 Å². The van der Waals surface area contributed by atoms with E-state index in [1.807, 2.05) is 30.3 Å². The first-order valence-electron chi connectivity index (χ1n) is 5.85. The van der Waals surface area contributed by atoms with E-state index in [2.05, 4.69) is 10.1 Å². The number of aromatic nitrogens is 2. The molecule has 19 heavy (non-hydrogen) atoms. The number of carboxylic acids is 1. The maximum absolute atomic E-state index is 10.7. The molecule has 1 N–H and O–H groups in total. The molecule has 0 aliphatic rings. The summed E-state index contributed by atoms with van der Waals surface area (Å²) in [6.45, 7) is 1.68. The number of carbonyl (C=O) groups is 1. The third-order valence-electron chi connectivity index (χ3n) is 2.51. The summed E-state index contributed by atoms with van der Waals surface area (Å²) in [4.78, 5) is 14.9. The summed E-state index contributed by atoms with van der Waals surface area (Å²) < 4.78 is 5.16. The molecule has 0 bridgehead atoms. The van der Waals surface area contributed by atoms with Crippen LogP contribution in [-0.4, -0.2) is 27.0 Å². The largest absolute Gasteiger partial charge is 0.481 e. The summed E-state index contributed by atoms with van der Waals surface area (Å²) in [5.74, 6) is 0.999. The van der Waals surface area contributed by atoms with Crippen LogP contribution in [-0.2, 0) is 10.5 Å².